The fourth-order valence-corrected chi connectivity index (χ4v) is 6.73. The molecule has 0 fully saturated rings. The molecule has 0 radical (unpaired) electrons. The van der Waals surface area contributed by atoms with Crippen LogP contribution in [0.4, 0.5) is 11.6 Å². The molecule has 0 aliphatic carbocycles. The summed E-state index contributed by atoms with van der Waals surface area (Å²) in [5.74, 6) is 1.70. The number of anilines is 2. The van der Waals surface area contributed by atoms with Gasteiger partial charge in [0.25, 0.3) is 5.91 Å². The van der Waals surface area contributed by atoms with E-state index in [0.717, 1.165) is 43.7 Å². The van der Waals surface area contributed by atoms with Crippen molar-refractivity contribution in [2.75, 3.05) is 10.6 Å². The summed E-state index contributed by atoms with van der Waals surface area (Å²) in [6, 6.07) is 29.0. The molecular weight excluding hydrogens is 670 g/mol. The highest BCUT2D eigenvalue weighted by Gasteiger charge is 2.34. The fraction of sp³-hybridized carbons (Fsp3) is 0.171. The second-order valence-corrected chi connectivity index (χ2v) is 13.1. The summed E-state index contributed by atoms with van der Waals surface area (Å²) in [7, 11) is 0. The van der Waals surface area contributed by atoms with Crippen LogP contribution in [0.5, 0.6) is 5.75 Å². The number of allylic oxidation sites excluding steroid dienone is 1. The van der Waals surface area contributed by atoms with E-state index in [-0.39, 0.29) is 5.91 Å². The van der Waals surface area contributed by atoms with Crippen LogP contribution in [0.2, 0.25) is 5.02 Å². The van der Waals surface area contributed by atoms with Gasteiger partial charge in [-0.2, -0.15) is 4.98 Å². The molecule has 228 valence electrons. The number of carbonyl (C=O) groups excluding carboxylic acids is 1. The van der Waals surface area contributed by atoms with Crippen LogP contribution in [0.25, 0.3) is 0 Å². The lowest BCUT2D eigenvalue weighted by atomic mass is 9.94. The highest BCUT2D eigenvalue weighted by molar-refractivity contribution is 9.10. The minimum Gasteiger partial charge on any atom is -0.489 e. The molecule has 2 heterocycles. The smallest absolute Gasteiger partial charge is 0.255 e. The molecule has 10 heteroatoms. The first kappa shape index (κ1) is 31.0. The molecule has 4 aromatic carbocycles. The van der Waals surface area contributed by atoms with E-state index in [4.69, 9.17) is 26.4 Å². The molecular formula is C35H31BrClN5O2S. The van der Waals surface area contributed by atoms with Crippen molar-refractivity contribution < 1.29 is 9.53 Å². The largest absolute Gasteiger partial charge is 0.489 e. The standard InChI is InChI=1S/C35H31BrClN5O2S/c1-21-8-6-13-30(22(21)2)39-33(43)31-23(3)38-34-40-35(45-20-26-10-4-5-12-29(26)37)41-42(34)32(31)25-14-16-28(17-15-25)44-19-24-9-7-11-27(36)18-24/h4-18,32H,19-20H2,1-3H3,(H,39,43)(H,38,40,41). The molecule has 1 aliphatic rings. The van der Waals surface area contributed by atoms with E-state index in [1.54, 1.807) is 4.68 Å². The van der Waals surface area contributed by atoms with E-state index < -0.39 is 6.04 Å². The molecule has 1 unspecified atom stereocenters. The maximum Gasteiger partial charge on any atom is 0.255 e. The van der Waals surface area contributed by atoms with Gasteiger partial charge in [0.2, 0.25) is 11.1 Å². The molecule has 1 atom stereocenters. The van der Waals surface area contributed by atoms with Gasteiger partial charge < -0.3 is 15.4 Å². The van der Waals surface area contributed by atoms with Crippen LogP contribution >= 0.6 is 39.3 Å². The maximum absolute atomic E-state index is 14.0. The van der Waals surface area contributed by atoms with Crippen molar-refractivity contribution in [3.63, 3.8) is 0 Å². The normalized spacial score (nSPS) is 14.1. The highest BCUT2D eigenvalue weighted by atomic mass is 79.9. The summed E-state index contributed by atoms with van der Waals surface area (Å²) in [4.78, 5) is 18.8. The van der Waals surface area contributed by atoms with Crippen LogP contribution in [0.1, 0.15) is 40.8 Å². The summed E-state index contributed by atoms with van der Waals surface area (Å²) >= 11 is 11.4. The molecule has 5 aromatic rings. The number of amides is 1. The Morgan fingerprint density at radius 2 is 1.80 bits per heavy atom. The van der Waals surface area contributed by atoms with Gasteiger partial charge in [0, 0.05) is 26.6 Å². The zero-order valence-corrected chi connectivity index (χ0v) is 28.1. The SMILES string of the molecule is CC1=C(C(=O)Nc2cccc(C)c2C)C(c2ccc(OCc3cccc(Br)c3)cc2)n2nc(SCc3ccccc3Cl)nc2N1. The Labute approximate surface area is 280 Å². The second kappa shape index (κ2) is 13.5. The molecule has 7 nitrogen and oxygen atoms in total. The van der Waals surface area contributed by atoms with Gasteiger partial charge in [0.05, 0.1) is 5.57 Å². The van der Waals surface area contributed by atoms with Crippen molar-refractivity contribution in [1.82, 2.24) is 14.8 Å². The van der Waals surface area contributed by atoms with E-state index in [9.17, 15) is 4.79 Å². The van der Waals surface area contributed by atoms with Gasteiger partial charge in [-0.15, -0.1) is 5.10 Å². The number of nitrogens with one attached hydrogen (secondary N) is 2. The van der Waals surface area contributed by atoms with Gasteiger partial charge >= 0.3 is 0 Å². The highest BCUT2D eigenvalue weighted by Crippen LogP contribution is 2.38. The minimum atomic E-state index is -0.521. The van der Waals surface area contributed by atoms with E-state index in [0.29, 0.717) is 39.8 Å². The van der Waals surface area contributed by atoms with Crippen molar-refractivity contribution in [3.8, 4) is 5.75 Å². The van der Waals surface area contributed by atoms with Gasteiger partial charge in [-0.25, -0.2) is 4.68 Å². The number of fused-ring (bicyclic) bond motifs is 1. The van der Waals surface area contributed by atoms with Gasteiger partial charge in [-0.05, 0) is 85.0 Å². The summed E-state index contributed by atoms with van der Waals surface area (Å²) in [6.07, 6.45) is 0. The third-order valence-electron chi connectivity index (χ3n) is 7.74. The molecule has 0 spiro atoms. The molecule has 1 aliphatic heterocycles. The van der Waals surface area contributed by atoms with Crippen molar-refractivity contribution in [2.24, 2.45) is 0 Å². The third-order valence-corrected chi connectivity index (χ3v) is 9.48. The first-order valence-corrected chi connectivity index (χ1v) is 16.6. The number of aromatic nitrogens is 3. The number of aryl methyl sites for hydroxylation is 1. The Morgan fingerprint density at radius 1 is 1.02 bits per heavy atom. The summed E-state index contributed by atoms with van der Waals surface area (Å²) in [6.45, 7) is 6.38. The quantitative estimate of drug-likeness (QED) is 0.149. The van der Waals surface area contributed by atoms with Crippen LogP contribution in [-0.4, -0.2) is 20.7 Å². The number of carbonyl (C=O) groups is 1. The Hall–Kier alpha value is -4.05. The molecule has 0 saturated carbocycles. The number of hydrogen-bond donors (Lipinski definition) is 2. The van der Waals surface area contributed by atoms with E-state index >= 15 is 0 Å². The van der Waals surface area contributed by atoms with Crippen LogP contribution in [-0.2, 0) is 17.2 Å². The number of benzene rings is 4. The van der Waals surface area contributed by atoms with Crippen molar-refractivity contribution >= 4 is 56.8 Å². The van der Waals surface area contributed by atoms with Crippen molar-refractivity contribution in [1.29, 1.82) is 0 Å². The zero-order valence-electron chi connectivity index (χ0n) is 25.0. The lowest BCUT2D eigenvalue weighted by Crippen LogP contribution is -2.31. The maximum atomic E-state index is 14.0. The monoisotopic (exact) mass is 699 g/mol. The molecule has 0 saturated heterocycles. The van der Waals surface area contributed by atoms with Crippen LogP contribution in [0, 0.1) is 13.8 Å². The number of halogens is 2. The molecule has 45 heavy (non-hydrogen) atoms. The number of rotatable bonds is 9. The first-order valence-electron chi connectivity index (χ1n) is 14.4. The molecule has 6 rings (SSSR count). The Morgan fingerprint density at radius 3 is 2.58 bits per heavy atom. The number of hydrogen-bond acceptors (Lipinski definition) is 6. The average Bonchev–Trinajstić information content (AvgIpc) is 3.44. The zero-order chi connectivity index (χ0) is 31.5. The van der Waals surface area contributed by atoms with Gasteiger partial charge in [-0.3, -0.25) is 4.79 Å². The first-order chi connectivity index (χ1) is 21.8. The van der Waals surface area contributed by atoms with E-state index in [1.807, 2.05) is 112 Å². The summed E-state index contributed by atoms with van der Waals surface area (Å²) in [5.41, 5.74) is 7.11. The lowest BCUT2D eigenvalue weighted by molar-refractivity contribution is -0.113. The van der Waals surface area contributed by atoms with Crippen molar-refractivity contribution in [2.45, 2.75) is 44.3 Å². The van der Waals surface area contributed by atoms with Gasteiger partial charge in [-0.1, -0.05) is 93.9 Å². The Balaban J connectivity index is 1.31. The molecule has 2 N–H and O–H groups in total. The van der Waals surface area contributed by atoms with E-state index in [1.165, 1.54) is 11.8 Å². The Bertz CT molecular complexity index is 1910. The molecule has 1 aromatic heterocycles. The van der Waals surface area contributed by atoms with Crippen molar-refractivity contribution in [3.05, 3.63) is 140 Å². The number of thioether (sulfide) groups is 1. The van der Waals surface area contributed by atoms with Gasteiger partial charge in [0.1, 0.15) is 18.4 Å². The van der Waals surface area contributed by atoms with Gasteiger partial charge in [0.15, 0.2) is 0 Å². The second-order valence-electron chi connectivity index (χ2n) is 10.8. The minimum absolute atomic E-state index is 0.208. The molecule has 0 bridgehead atoms. The fourth-order valence-electron chi connectivity index (χ4n) is 5.17. The van der Waals surface area contributed by atoms with Crippen LogP contribution in [0.3, 0.4) is 0 Å². The topological polar surface area (TPSA) is 81.1 Å². The summed E-state index contributed by atoms with van der Waals surface area (Å²) in [5, 5.41) is 12.6. The lowest BCUT2D eigenvalue weighted by Gasteiger charge is -2.29. The van der Waals surface area contributed by atoms with E-state index in [2.05, 4.69) is 26.6 Å². The predicted octanol–water partition coefficient (Wildman–Crippen LogP) is 9.11. The summed E-state index contributed by atoms with van der Waals surface area (Å²) < 4.78 is 8.87. The number of nitrogens with zero attached hydrogens (tertiary/aromatic N) is 3. The predicted molar refractivity (Wildman–Crippen MR) is 185 cm³/mol. The number of ether oxygens (including phenoxy) is 1. The Kier molecular flexibility index (Phi) is 9.30. The van der Waals surface area contributed by atoms with Crippen LogP contribution < -0.4 is 15.4 Å². The molecule has 1 amide bonds. The third kappa shape index (κ3) is 6.96. The average molecular weight is 701 g/mol. The van der Waals surface area contributed by atoms with Crippen LogP contribution in [0.15, 0.2) is 112 Å².